The highest BCUT2D eigenvalue weighted by Crippen LogP contribution is 2.28. The van der Waals surface area contributed by atoms with Crippen LogP contribution in [-0.4, -0.2) is 38.6 Å². The Bertz CT molecular complexity index is 385. The summed E-state index contributed by atoms with van der Waals surface area (Å²) in [5.41, 5.74) is 2.21. The Balaban J connectivity index is 2.69. The van der Waals surface area contributed by atoms with Crippen molar-refractivity contribution in [1.82, 2.24) is 5.32 Å². The van der Waals surface area contributed by atoms with Gasteiger partial charge in [-0.25, -0.2) is 0 Å². The van der Waals surface area contributed by atoms with Crippen LogP contribution in [0.5, 0.6) is 5.75 Å². The first-order valence-electron chi connectivity index (χ1n) is 6.41. The smallest absolute Gasteiger partial charge is 0.126 e. The standard InChI is InChI=1S/C14H22BrNO3/c1-11-8-13(15)9-12(10-16-4-7-18-2)14(11)19-6-3-5-17/h8-9,16-17H,3-7,10H2,1-2H3. The predicted molar refractivity (Wildman–Crippen MR) is 79.7 cm³/mol. The number of methoxy groups -OCH3 is 1. The minimum Gasteiger partial charge on any atom is -0.493 e. The van der Waals surface area contributed by atoms with Gasteiger partial charge in [0.2, 0.25) is 0 Å². The number of benzene rings is 1. The van der Waals surface area contributed by atoms with Crippen molar-refractivity contribution >= 4 is 15.9 Å². The molecule has 2 N–H and O–H groups in total. The van der Waals surface area contributed by atoms with Gasteiger partial charge in [0.25, 0.3) is 0 Å². The molecule has 0 radical (unpaired) electrons. The first kappa shape index (κ1) is 16.4. The monoisotopic (exact) mass is 331 g/mol. The summed E-state index contributed by atoms with van der Waals surface area (Å²) < 4.78 is 11.8. The summed E-state index contributed by atoms with van der Waals surface area (Å²) >= 11 is 3.50. The summed E-state index contributed by atoms with van der Waals surface area (Å²) in [5, 5.41) is 12.1. The van der Waals surface area contributed by atoms with E-state index in [1.54, 1.807) is 7.11 Å². The Hall–Kier alpha value is -0.620. The highest BCUT2D eigenvalue weighted by Gasteiger charge is 2.09. The quantitative estimate of drug-likeness (QED) is 0.681. The average molecular weight is 332 g/mol. The summed E-state index contributed by atoms with van der Waals surface area (Å²) in [5.74, 6) is 0.904. The van der Waals surface area contributed by atoms with Crippen molar-refractivity contribution in [2.45, 2.75) is 19.9 Å². The molecule has 108 valence electrons. The molecule has 4 nitrogen and oxygen atoms in total. The van der Waals surface area contributed by atoms with E-state index in [1.807, 2.05) is 13.0 Å². The Morgan fingerprint density at radius 1 is 1.32 bits per heavy atom. The van der Waals surface area contributed by atoms with E-state index in [0.717, 1.165) is 34.4 Å². The molecule has 1 aromatic carbocycles. The second-order valence-electron chi connectivity index (χ2n) is 4.31. The van der Waals surface area contributed by atoms with Gasteiger partial charge >= 0.3 is 0 Å². The maximum absolute atomic E-state index is 8.81. The molecule has 0 aliphatic rings. The third kappa shape index (κ3) is 5.91. The maximum Gasteiger partial charge on any atom is 0.126 e. The molecule has 0 aliphatic heterocycles. The van der Waals surface area contributed by atoms with Crippen LogP contribution in [0.4, 0.5) is 0 Å². The van der Waals surface area contributed by atoms with E-state index >= 15 is 0 Å². The molecule has 0 bridgehead atoms. The predicted octanol–water partition coefficient (Wildman–Crippen LogP) is 2.25. The van der Waals surface area contributed by atoms with Gasteiger partial charge in [-0.1, -0.05) is 15.9 Å². The Morgan fingerprint density at radius 3 is 2.79 bits per heavy atom. The van der Waals surface area contributed by atoms with Gasteiger partial charge in [-0.05, 0) is 24.6 Å². The molecule has 0 saturated carbocycles. The second kappa shape index (κ2) is 9.31. The van der Waals surface area contributed by atoms with Gasteiger partial charge in [-0.2, -0.15) is 0 Å². The van der Waals surface area contributed by atoms with Crippen molar-refractivity contribution in [2.24, 2.45) is 0 Å². The number of ether oxygens (including phenoxy) is 2. The average Bonchev–Trinajstić information content (AvgIpc) is 2.37. The van der Waals surface area contributed by atoms with Crippen LogP contribution in [0.15, 0.2) is 16.6 Å². The fourth-order valence-corrected chi connectivity index (χ4v) is 2.39. The molecule has 0 heterocycles. The third-order valence-corrected chi connectivity index (χ3v) is 3.12. The molecule has 1 rings (SSSR count). The lowest BCUT2D eigenvalue weighted by Gasteiger charge is -2.15. The van der Waals surface area contributed by atoms with Gasteiger partial charge in [-0.3, -0.25) is 0 Å². The van der Waals surface area contributed by atoms with Crippen molar-refractivity contribution in [2.75, 3.05) is 33.5 Å². The van der Waals surface area contributed by atoms with Crippen LogP contribution in [-0.2, 0) is 11.3 Å². The van der Waals surface area contributed by atoms with Crippen molar-refractivity contribution in [3.8, 4) is 5.75 Å². The molecule has 0 aromatic heterocycles. The van der Waals surface area contributed by atoms with Crippen LogP contribution >= 0.6 is 15.9 Å². The lowest BCUT2D eigenvalue weighted by atomic mass is 10.1. The zero-order valence-electron chi connectivity index (χ0n) is 11.5. The molecule has 1 aromatic rings. The van der Waals surface area contributed by atoms with Gasteiger partial charge in [0.15, 0.2) is 0 Å². The number of aliphatic hydroxyl groups is 1. The molecule has 0 aliphatic carbocycles. The summed E-state index contributed by atoms with van der Waals surface area (Å²) in [4.78, 5) is 0. The second-order valence-corrected chi connectivity index (χ2v) is 5.22. The van der Waals surface area contributed by atoms with Crippen LogP contribution in [0.2, 0.25) is 0 Å². The van der Waals surface area contributed by atoms with E-state index in [9.17, 15) is 0 Å². The van der Waals surface area contributed by atoms with Gasteiger partial charge < -0.3 is 19.9 Å². The van der Waals surface area contributed by atoms with Crippen molar-refractivity contribution in [1.29, 1.82) is 0 Å². The Labute approximate surface area is 123 Å². The number of rotatable bonds is 9. The summed E-state index contributed by atoms with van der Waals surface area (Å²) in [7, 11) is 1.69. The molecule has 0 atom stereocenters. The number of hydrogen-bond donors (Lipinski definition) is 2. The van der Waals surface area contributed by atoms with Crippen LogP contribution < -0.4 is 10.1 Å². The first-order chi connectivity index (χ1) is 9.19. The van der Waals surface area contributed by atoms with Crippen LogP contribution in [0, 0.1) is 6.92 Å². The van der Waals surface area contributed by atoms with Crippen molar-refractivity contribution in [3.05, 3.63) is 27.7 Å². The van der Waals surface area contributed by atoms with Crippen LogP contribution in [0.25, 0.3) is 0 Å². The molecule has 19 heavy (non-hydrogen) atoms. The Kier molecular flexibility index (Phi) is 8.05. The Morgan fingerprint density at radius 2 is 2.11 bits per heavy atom. The first-order valence-corrected chi connectivity index (χ1v) is 7.20. The molecule has 0 unspecified atom stereocenters. The van der Waals surface area contributed by atoms with Crippen LogP contribution in [0.1, 0.15) is 17.5 Å². The van der Waals surface area contributed by atoms with Crippen LogP contribution in [0.3, 0.4) is 0 Å². The molecule has 0 fully saturated rings. The molecule has 0 spiro atoms. The minimum absolute atomic E-state index is 0.150. The van der Waals surface area contributed by atoms with E-state index in [0.29, 0.717) is 19.6 Å². The fraction of sp³-hybridized carbons (Fsp3) is 0.571. The minimum atomic E-state index is 0.150. The molecule has 0 saturated heterocycles. The normalized spacial score (nSPS) is 10.7. The highest BCUT2D eigenvalue weighted by atomic mass is 79.9. The number of nitrogens with one attached hydrogen (secondary N) is 1. The molecule has 5 heteroatoms. The maximum atomic E-state index is 8.81. The lowest BCUT2D eigenvalue weighted by molar-refractivity contribution is 0.198. The molecular formula is C14H22BrNO3. The van der Waals surface area contributed by atoms with E-state index in [2.05, 4.69) is 27.3 Å². The number of hydrogen-bond acceptors (Lipinski definition) is 4. The number of aryl methyl sites for hydroxylation is 1. The largest absolute Gasteiger partial charge is 0.493 e. The third-order valence-electron chi connectivity index (χ3n) is 2.66. The van der Waals surface area contributed by atoms with E-state index in [4.69, 9.17) is 14.6 Å². The molecule has 0 amide bonds. The zero-order chi connectivity index (χ0) is 14.1. The zero-order valence-corrected chi connectivity index (χ0v) is 13.1. The van der Waals surface area contributed by atoms with E-state index in [-0.39, 0.29) is 6.61 Å². The van der Waals surface area contributed by atoms with Crippen molar-refractivity contribution in [3.63, 3.8) is 0 Å². The lowest BCUT2D eigenvalue weighted by Crippen LogP contribution is -2.19. The van der Waals surface area contributed by atoms with Gasteiger partial charge in [-0.15, -0.1) is 0 Å². The summed E-state index contributed by atoms with van der Waals surface area (Å²) in [6.45, 7) is 4.93. The van der Waals surface area contributed by atoms with E-state index < -0.39 is 0 Å². The van der Waals surface area contributed by atoms with Gasteiger partial charge in [0.1, 0.15) is 5.75 Å². The van der Waals surface area contributed by atoms with Gasteiger partial charge in [0.05, 0.1) is 13.2 Å². The van der Waals surface area contributed by atoms with E-state index in [1.165, 1.54) is 0 Å². The SMILES string of the molecule is COCCNCc1cc(Br)cc(C)c1OCCCO. The topological polar surface area (TPSA) is 50.7 Å². The summed E-state index contributed by atoms with van der Waals surface area (Å²) in [6.07, 6.45) is 0.645. The summed E-state index contributed by atoms with van der Waals surface area (Å²) in [6, 6.07) is 4.09. The number of halogens is 1. The number of aliphatic hydroxyl groups excluding tert-OH is 1. The highest BCUT2D eigenvalue weighted by molar-refractivity contribution is 9.10. The van der Waals surface area contributed by atoms with Crippen molar-refractivity contribution < 1.29 is 14.6 Å². The fourth-order valence-electron chi connectivity index (χ4n) is 1.77. The molecular weight excluding hydrogens is 310 g/mol. The van der Waals surface area contributed by atoms with Gasteiger partial charge in [0, 0.05) is 43.3 Å².